The molecule has 0 heterocycles. The van der Waals surface area contributed by atoms with Gasteiger partial charge in [-0.25, -0.2) is 14.6 Å². The molecule has 7 nitrogen and oxygen atoms in total. The van der Waals surface area contributed by atoms with E-state index in [0.29, 0.717) is 18.8 Å². The third-order valence-electron chi connectivity index (χ3n) is 4.16. The number of hydrogen-bond acceptors (Lipinski definition) is 6. The molecule has 1 amide bonds. The van der Waals surface area contributed by atoms with Crippen molar-refractivity contribution in [1.82, 2.24) is 4.90 Å². The number of ether oxygens (including phenoxy) is 2. The van der Waals surface area contributed by atoms with Crippen molar-refractivity contribution in [1.29, 1.82) is 0 Å². The lowest BCUT2D eigenvalue weighted by molar-refractivity contribution is -0.136. The first-order valence-corrected chi connectivity index (χ1v) is 9.48. The summed E-state index contributed by atoms with van der Waals surface area (Å²) in [7, 11) is 1.27. The first kappa shape index (κ1) is 22.7. The van der Waals surface area contributed by atoms with Gasteiger partial charge in [0.1, 0.15) is 5.70 Å². The summed E-state index contributed by atoms with van der Waals surface area (Å²) in [4.78, 5) is 26.1. The molecule has 0 aliphatic rings. The van der Waals surface area contributed by atoms with Gasteiger partial charge in [0.25, 0.3) is 0 Å². The summed E-state index contributed by atoms with van der Waals surface area (Å²) in [5.74, 6) is -0.612. The van der Waals surface area contributed by atoms with Crippen LogP contribution in [-0.4, -0.2) is 36.9 Å². The Labute approximate surface area is 177 Å². The zero-order valence-corrected chi connectivity index (χ0v) is 17.6. The predicted octanol–water partition coefficient (Wildman–Crippen LogP) is 4.34. The van der Waals surface area contributed by atoms with E-state index in [0.717, 1.165) is 11.1 Å². The fourth-order valence-electron chi connectivity index (χ4n) is 2.80. The fourth-order valence-corrected chi connectivity index (χ4v) is 2.80. The van der Waals surface area contributed by atoms with E-state index in [2.05, 4.69) is 18.4 Å². The fraction of sp³-hybridized carbons (Fsp3) is 0.261. The van der Waals surface area contributed by atoms with Crippen LogP contribution < -0.4 is 5.01 Å². The predicted molar refractivity (Wildman–Crippen MR) is 117 cm³/mol. The quantitative estimate of drug-likeness (QED) is 0.267. The molecule has 0 N–H and O–H groups in total. The number of carbonyl (C=O) groups excluding carboxylic acids is 2. The van der Waals surface area contributed by atoms with Crippen LogP contribution >= 0.6 is 0 Å². The molecule has 2 aromatic carbocycles. The molecule has 0 bridgehead atoms. The number of methoxy groups -OCH3 is 1. The molecule has 0 aliphatic carbocycles. The molecule has 0 radical (unpaired) electrons. The van der Waals surface area contributed by atoms with E-state index in [1.807, 2.05) is 62.4 Å². The van der Waals surface area contributed by atoms with Crippen molar-refractivity contribution in [2.24, 2.45) is 5.10 Å². The zero-order chi connectivity index (χ0) is 22.1. The second kappa shape index (κ2) is 10.8. The molecule has 0 saturated heterocycles. The van der Waals surface area contributed by atoms with Crippen molar-refractivity contribution in [3.63, 3.8) is 0 Å². The minimum absolute atomic E-state index is 0.0324. The molecule has 0 atom stereocenters. The lowest BCUT2D eigenvalue weighted by Gasteiger charge is -2.25. The summed E-state index contributed by atoms with van der Waals surface area (Å²) in [6.07, 6.45) is -0.636. The monoisotopic (exact) mass is 409 g/mol. The Kier molecular flexibility index (Phi) is 8.17. The van der Waals surface area contributed by atoms with Gasteiger partial charge in [-0.15, -0.1) is 0 Å². The molecule has 0 fully saturated rings. The van der Waals surface area contributed by atoms with Crippen molar-refractivity contribution in [2.45, 2.75) is 33.0 Å². The Morgan fingerprint density at radius 2 is 1.67 bits per heavy atom. The molecular weight excluding hydrogens is 382 g/mol. The highest BCUT2D eigenvalue weighted by Gasteiger charge is 2.20. The van der Waals surface area contributed by atoms with Crippen LogP contribution in [-0.2, 0) is 27.4 Å². The highest BCUT2D eigenvalue weighted by Crippen LogP contribution is 2.22. The number of hydrazone groups is 1. The van der Waals surface area contributed by atoms with E-state index in [1.54, 1.807) is 11.0 Å². The van der Waals surface area contributed by atoms with Crippen molar-refractivity contribution in [2.75, 3.05) is 12.1 Å². The number of nitrogens with zero attached hydrogens (tertiary/aromatic N) is 3. The third-order valence-corrected chi connectivity index (χ3v) is 4.16. The van der Waals surface area contributed by atoms with Gasteiger partial charge in [-0.3, -0.25) is 4.90 Å². The first-order valence-electron chi connectivity index (χ1n) is 9.48. The summed E-state index contributed by atoms with van der Waals surface area (Å²) in [5, 5.41) is 5.16. The lowest BCUT2D eigenvalue weighted by Crippen LogP contribution is -2.32. The van der Waals surface area contributed by atoms with Gasteiger partial charge in [-0.2, -0.15) is 5.10 Å². The van der Waals surface area contributed by atoms with Gasteiger partial charge in [0.05, 0.1) is 18.9 Å². The number of amides is 1. The van der Waals surface area contributed by atoms with Gasteiger partial charge in [0.2, 0.25) is 0 Å². The van der Waals surface area contributed by atoms with Crippen LogP contribution in [0, 0.1) is 0 Å². The van der Waals surface area contributed by atoms with Crippen molar-refractivity contribution in [3.05, 3.63) is 78.0 Å². The summed E-state index contributed by atoms with van der Waals surface area (Å²) in [6.45, 7) is 11.5. The number of benzene rings is 2. The maximum Gasteiger partial charge on any atom is 0.410 e. The van der Waals surface area contributed by atoms with Crippen molar-refractivity contribution >= 4 is 24.5 Å². The molecule has 30 heavy (non-hydrogen) atoms. The van der Waals surface area contributed by atoms with E-state index in [-0.39, 0.29) is 11.8 Å². The second-order valence-corrected chi connectivity index (χ2v) is 6.84. The maximum absolute atomic E-state index is 12.7. The van der Waals surface area contributed by atoms with Crippen LogP contribution in [0.1, 0.15) is 25.0 Å². The summed E-state index contributed by atoms with van der Waals surface area (Å²) in [6, 6.07) is 16.9. The maximum atomic E-state index is 12.7. The van der Waals surface area contributed by atoms with Crippen LogP contribution in [0.3, 0.4) is 0 Å². The molecule has 0 aliphatic heterocycles. The SMILES string of the molecule is C=NN(C(=C)C(=O)OC)c1cccc(CN(Cc2ccccc2)C(=O)OC(C)C)c1. The Balaban J connectivity index is 2.27. The molecule has 0 aromatic heterocycles. The second-order valence-electron chi connectivity index (χ2n) is 6.84. The standard InChI is InChI=1S/C23H27N3O4/c1-17(2)30-23(28)25(15-19-10-7-6-8-11-19)16-20-12-9-13-21(14-20)26(24-4)18(3)22(27)29-5/h6-14,17H,3-4,15-16H2,1-2,5H3. The Hall–Kier alpha value is -3.61. The largest absolute Gasteiger partial charge is 0.464 e. The van der Waals surface area contributed by atoms with E-state index in [4.69, 9.17) is 9.47 Å². The Morgan fingerprint density at radius 3 is 2.27 bits per heavy atom. The number of hydrogen-bond donors (Lipinski definition) is 0. The van der Waals surface area contributed by atoms with Gasteiger partial charge in [-0.1, -0.05) is 49.0 Å². The summed E-state index contributed by atoms with van der Waals surface area (Å²) in [5.41, 5.74) is 2.43. The Bertz CT molecular complexity index is 896. The summed E-state index contributed by atoms with van der Waals surface area (Å²) < 4.78 is 10.1. The minimum atomic E-state index is -0.612. The molecule has 7 heteroatoms. The van der Waals surface area contributed by atoms with Gasteiger partial charge in [0, 0.05) is 19.8 Å². The van der Waals surface area contributed by atoms with Crippen LogP contribution in [0.4, 0.5) is 10.5 Å². The highest BCUT2D eigenvalue weighted by molar-refractivity contribution is 5.91. The van der Waals surface area contributed by atoms with Crippen LogP contribution in [0.5, 0.6) is 0 Å². The molecule has 2 rings (SSSR count). The zero-order valence-electron chi connectivity index (χ0n) is 17.6. The van der Waals surface area contributed by atoms with Gasteiger partial charge >= 0.3 is 12.1 Å². The van der Waals surface area contributed by atoms with Crippen molar-refractivity contribution in [3.8, 4) is 0 Å². The summed E-state index contributed by atoms with van der Waals surface area (Å²) >= 11 is 0. The number of esters is 1. The van der Waals surface area contributed by atoms with Crippen LogP contribution in [0.15, 0.2) is 72.0 Å². The normalized spacial score (nSPS) is 10.3. The van der Waals surface area contributed by atoms with Crippen LogP contribution in [0.25, 0.3) is 0 Å². The van der Waals surface area contributed by atoms with Gasteiger partial charge in [-0.05, 0) is 37.1 Å². The highest BCUT2D eigenvalue weighted by atomic mass is 16.6. The van der Waals surface area contributed by atoms with E-state index < -0.39 is 12.1 Å². The number of rotatable bonds is 9. The molecule has 2 aromatic rings. The van der Waals surface area contributed by atoms with Crippen molar-refractivity contribution < 1.29 is 19.1 Å². The lowest BCUT2D eigenvalue weighted by atomic mass is 10.1. The first-order chi connectivity index (χ1) is 14.3. The molecule has 158 valence electrons. The van der Waals surface area contributed by atoms with E-state index >= 15 is 0 Å². The molecule has 0 unspecified atom stereocenters. The van der Waals surface area contributed by atoms with Crippen LogP contribution in [0.2, 0.25) is 0 Å². The van der Waals surface area contributed by atoms with E-state index in [9.17, 15) is 9.59 Å². The Morgan fingerprint density at radius 1 is 1.03 bits per heavy atom. The average molecular weight is 409 g/mol. The van der Waals surface area contributed by atoms with E-state index in [1.165, 1.54) is 12.1 Å². The molecule has 0 spiro atoms. The molecular formula is C23H27N3O4. The molecule has 0 saturated carbocycles. The smallest absolute Gasteiger partial charge is 0.410 e. The topological polar surface area (TPSA) is 71.4 Å². The van der Waals surface area contributed by atoms with Gasteiger partial charge in [0.15, 0.2) is 0 Å². The minimum Gasteiger partial charge on any atom is -0.464 e. The average Bonchev–Trinajstić information content (AvgIpc) is 2.73. The van der Waals surface area contributed by atoms with Gasteiger partial charge < -0.3 is 9.47 Å². The third kappa shape index (κ3) is 6.20. The number of carbonyl (C=O) groups is 2. The number of anilines is 1.